The molecule has 1 heterocycles. The first-order valence-corrected chi connectivity index (χ1v) is 8.35. The molecule has 1 atom stereocenters. The van der Waals surface area contributed by atoms with Gasteiger partial charge < -0.3 is 5.32 Å². The molecule has 0 bridgehead atoms. The second kappa shape index (κ2) is 7.26. The smallest absolute Gasteiger partial charge is 0.0521 e. The molecular formula is C17H31N3. The number of hydrogen-bond acceptors (Lipinski definition) is 2. The third-order valence-corrected chi connectivity index (χ3v) is 4.96. The molecular weight excluding hydrogens is 246 g/mol. The average molecular weight is 277 g/mol. The zero-order valence-electron chi connectivity index (χ0n) is 13.5. The van der Waals surface area contributed by atoms with Crippen LogP contribution in [0.4, 0.5) is 0 Å². The van der Waals surface area contributed by atoms with Crippen molar-refractivity contribution >= 4 is 0 Å². The van der Waals surface area contributed by atoms with Gasteiger partial charge in [-0.3, -0.25) is 4.68 Å². The SMILES string of the molecule is CCCNC(CCc1cnn(C)c1)C1(C)CCCCC1. The number of nitrogens with one attached hydrogen (secondary N) is 1. The van der Waals surface area contributed by atoms with E-state index in [1.165, 1.54) is 50.5 Å². The van der Waals surface area contributed by atoms with E-state index in [0.29, 0.717) is 11.5 Å². The Bertz CT molecular complexity index is 391. The Morgan fingerprint density at radius 3 is 2.70 bits per heavy atom. The Labute approximate surface area is 124 Å². The van der Waals surface area contributed by atoms with Gasteiger partial charge in [0.25, 0.3) is 0 Å². The van der Waals surface area contributed by atoms with Crippen LogP contribution in [-0.2, 0) is 13.5 Å². The summed E-state index contributed by atoms with van der Waals surface area (Å²) in [7, 11) is 2.00. The van der Waals surface area contributed by atoms with E-state index < -0.39 is 0 Å². The van der Waals surface area contributed by atoms with Crippen molar-refractivity contribution in [1.82, 2.24) is 15.1 Å². The van der Waals surface area contributed by atoms with Gasteiger partial charge in [0, 0.05) is 19.3 Å². The standard InChI is InChI=1S/C17H31N3/c1-4-12-18-16(17(2)10-6-5-7-11-17)9-8-15-13-19-20(3)14-15/h13-14,16,18H,4-12H2,1-3H3. The summed E-state index contributed by atoms with van der Waals surface area (Å²) >= 11 is 0. The van der Waals surface area contributed by atoms with Crippen LogP contribution < -0.4 is 5.32 Å². The zero-order valence-corrected chi connectivity index (χ0v) is 13.5. The monoisotopic (exact) mass is 277 g/mol. The lowest BCUT2D eigenvalue weighted by Gasteiger charge is -2.41. The van der Waals surface area contributed by atoms with Crippen LogP contribution >= 0.6 is 0 Å². The van der Waals surface area contributed by atoms with Crippen LogP contribution in [0.1, 0.15) is 64.4 Å². The minimum Gasteiger partial charge on any atom is -0.313 e. The number of rotatable bonds is 7. The summed E-state index contributed by atoms with van der Waals surface area (Å²) in [5, 5.41) is 8.11. The van der Waals surface area contributed by atoms with Gasteiger partial charge in [-0.15, -0.1) is 0 Å². The van der Waals surface area contributed by atoms with Gasteiger partial charge >= 0.3 is 0 Å². The summed E-state index contributed by atoms with van der Waals surface area (Å²) in [6.45, 7) is 5.91. The lowest BCUT2D eigenvalue weighted by molar-refractivity contribution is 0.138. The van der Waals surface area contributed by atoms with Crippen molar-refractivity contribution in [1.29, 1.82) is 0 Å². The largest absolute Gasteiger partial charge is 0.313 e. The summed E-state index contributed by atoms with van der Waals surface area (Å²) < 4.78 is 1.91. The molecule has 114 valence electrons. The van der Waals surface area contributed by atoms with E-state index in [9.17, 15) is 0 Å². The highest BCUT2D eigenvalue weighted by Gasteiger charge is 2.34. The van der Waals surface area contributed by atoms with Crippen LogP contribution in [0.2, 0.25) is 0 Å². The van der Waals surface area contributed by atoms with Gasteiger partial charge in [-0.1, -0.05) is 33.1 Å². The fourth-order valence-electron chi connectivity index (χ4n) is 3.64. The first kappa shape index (κ1) is 15.6. The summed E-state index contributed by atoms with van der Waals surface area (Å²) in [6.07, 6.45) is 14.8. The Morgan fingerprint density at radius 1 is 1.35 bits per heavy atom. The van der Waals surface area contributed by atoms with E-state index in [1.807, 2.05) is 17.9 Å². The highest BCUT2D eigenvalue weighted by atomic mass is 15.2. The van der Waals surface area contributed by atoms with Crippen LogP contribution in [0.3, 0.4) is 0 Å². The van der Waals surface area contributed by atoms with Crippen molar-refractivity contribution < 1.29 is 0 Å². The Kier molecular flexibility index (Phi) is 5.64. The Balaban J connectivity index is 1.95. The van der Waals surface area contributed by atoms with Gasteiger partial charge in [0.2, 0.25) is 0 Å². The maximum atomic E-state index is 4.28. The molecule has 0 saturated heterocycles. The van der Waals surface area contributed by atoms with Gasteiger partial charge in [0.05, 0.1) is 6.20 Å². The maximum absolute atomic E-state index is 4.28. The first-order chi connectivity index (χ1) is 9.64. The minimum absolute atomic E-state index is 0.496. The van der Waals surface area contributed by atoms with Crippen LogP contribution in [0.15, 0.2) is 12.4 Å². The molecule has 2 rings (SSSR count). The Hall–Kier alpha value is -0.830. The van der Waals surface area contributed by atoms with Crippen molar-refractivity contribution in [2.24, 2.45) is 12.5 Å². The molecule has 1 saturated carbocycles. The molecule has 3 nitrogen and oxygen atoms in total. The van der Waals surface area contributed by atoms with Gasteiger partial charge in [-0.2, -0.15) is 5.10 Å². The molecule has 0 radical (unpaired) electrons. The molecule has 20 heavy (non-hydrogen) atoms. The highest BCUT2D eigenvalue weighted by molar-refractivity contribution is 5.05. The molecule has 1 aliphatic carbocycles. The van der Waals surface area contributed by atoms with Crippen molar-refractivity contribution in [3.63, 3.8) is 0 Å². The lowest BCUT2D eigenvalue weighted by atomic mass is 9.69. The topological polar surface area (TPSA) is 29.9 Å². The molecule has 1 aromatic heterocycles. The summed E-state index contributed by atoms with van der Waals surface area (Å²) in [4.78, 5) is 0. The molecule has 0 aromatic carbocycles. The molecule has 1 aliphatic rings. The third kappa shape index (κ3) is 4.08. The van der Waals surface area contributed by atoms with Crippen molar-refractivity contribution in [2.45, 2.75) is 71.3 Å². The van der Waals surface area contributed by atoms with Crippen LogP contribution in [0.5, 0.6) is 0 Å². The Morgan fingerprint density at radius 2 is 2.10 bits per heavy atom. The van der Waals surface area contributed by atoms with E-state index in [1.54, 1.807) is 0 Å². The minimum atomic E-state index is 0.496. The number of hydrogen-bond donors (Lipinski definition) is 1. The molecule has 0 amide bonds. The summed E-state index contributed by atoms with van der Waals surface area (Å²) in [6, 6.07) is 0.656. The predicted octanol–water partition coefficient (Wildman–Crippen LogP) is 3.69. The molecule has 1 aromatic rings. The molecule has 1 fully saturated rings. The van der Waals surface area contributed by atoms with E-state index >= 15 is 0 Å². The van der Waals surface area contributed by atoms with E-state index in [0.717, 1.165) is 13.0 Å². The molecule has 0 aliphatic heterocycles. The van der Waals surface area contributed by atoms with Gasteiger partial charge in [0.1, 0.15) is 0 Å². The number of aryl methyl sites for hydroxylation is 2. The quantitative estimate of drug-likeness (QED) is 0.823. The van der Waals surface area contributed by atoms with Gasteiger partial charge in [-0.05, 0) is 49.6 Å². The van der Waals surface area contributed by atoms with Crippen LogP contribution in [-0.4, -0.2) is 22.4 Å². The van der Waals surface area contributed by atoms with Crippen LogP contribution in [0.25, 0.3) is 0 Å². The van der Waals surface area contributed by atoms with Gasteiger partial charge in [0.15, 0.2) is 0 Å². The molecule has 3 heteroatoms. The highest BCUT2D eigenvalue weighted by Crippen LogP contribution is 2.40. The number of aromatic nitrogens is 2. The van der Waals surface area contributed by atoms with Gasteiger partial charge in [-0.25, -0.2) is 0 Å². The molecule has 1 N–H and O–H groups in total. The second-order valence-corrected chi connectivity index (χ2v) is 6.78. The molecule has 1 unspecified atom stereocenters. The first-order valence-electron chi connectivity index (χ1n) is 8.35. The van der Waals surface area contributed by atoms with E-state index in [-0.39, 0.29) is 0 Å². The lowest BCUT2D eigenvalue weighted by Crippen LogP contribution is -2.45. The average Bonchev–Trinajstić information content (AvgIpc) is 2.85. The van der Waals surface area contributed by atoms with Crippen LogP contribution in [0, 0.1) is 5.41 Å². The fourth-order valence-corrected chi connectivity index (χ4v) is 3.64. The van der Waals surface area contributed by atoms with E-state index in [2.05, 4.69) is 30.5 Å². The maximum Gasteiger partial charge on any atom is 0.0521 e. The van der Waals surface area contributed by atoms with Crippen molar-refractivity contribution in [3.8, 4) is 0 Å². The second-order valence-electron chi connectivity index (χ2n) is 6.78. The summed E-state index contributed by atoms with van der Waals surface area (Å²) in [5.41, 5.74) is 1.87. The normalized spacial score (nSPS) is 19.9. The number of nitrogens with zero attached hydrogens (tertiary/aromatic N) is 2. The van der Waals surface area contributed by atoms with E-state index in [4.69, 9.17) is 0 Å². The van der Waals surface area contributed by atoms with Crippen molar-refractivity contribution in [2.75, 3.05) is 6.54 Å². The predicted molar refractivity (Wildman–Crippen MR) is 84.8 cm³/mol. The van der Waals surface area contributed by atoms with Crippen molar-refractivity contribution in [3.05, 3.63) is 18.0 Å². The third-order valence-electron chi connectivity index (χ3n) is 4.96. The molecule has 0 spiro atoms. The zero-order chi connectivity index (χ0) is 14.4. The fraction of sp³-hybridized carbons (Fsp3) is 0.824. The summed E-state index contributed by atoms with van der Waals surface area (Å²) in [5.74, 6) is 0.